The molecule has 0 saturated carbocycles. The Morgan fingerprint density at radius 1 is 1.37 bits per heavy atom. The molecule has 19 heavy (non-hydrogen) atoms. The third kappa shape index (κ3) is 5.12. The van der Waals surface area contributed by atoms with E-state index in [0.717, 1.165) is 23.3 Å². The van der Waals surface area contributed by atoms with Gasteiger partial charge in [0.15, 0.2) is 0 Å². The van der Waals surface area contributed by atoms with Gasteiger partial charge >= 0.3 is 6.18 Å². The van der Waals surface area contributed by atoms with E-state index in [2.05, 4.69) is 5.32 Å². The summed E-state index contributed by atoms with van der Waals surface area (Å²) in [4.78, 5) is 0. The van der Waals surface area contributed by atoms with Gasteiger partial charge in [-0.15, -0.1) is 0 Å². The second kappa shape index (κ2) is 6.71. The molecule has 0 spiro atoms. The van der Waals surface area contributed by atoms with Crippen molar-refractivity contribution in [1.29, 1.82) is 0 Å². The third-order valence-electron chi connectivity index (χ3n) is 3.01. The van der Waals surface area contributed by atoms with E-state index in [1.807, 2.05) is 0 Å². The highest BCUT2D eigenvalue weighted by atomic mass is 32.2. The molecule has 0 radical (unpaired) electrons. The minimum atomic E-state index is -4.34. The van der Waals surface area contributed by atoms with E-state index in [4.69, 9.17) is 0 Å². The number of nitrogens with one attached hydrogen (secondary N) is 1. The van der Waals surface area contributed by atoms with Crippen LogP contribution in [-0.4, -0.2) is 51.3 Å². The van der Waals surface area contributed by atoms with E-state index in [0.29, 0.717) is 6.42 Å². The summed E-state index contributed by atoms with van der Waals surface area (Å²) in [6.45, 7) is 0.469. The number of halogens is 3. The molecule has 8 heteroatoms. The Morgan fingerprint density at radius 3 is 2.53 bits per heavy atom. The predicted molar refractivity (Wildman–Crippen MR) is 67.3 cm³/mol. The van der Waals surface area contributed by atoms with Crippen molar-refractivity contribution in [2.45, 2.75) is 25.4 Å². The number of rotatable bonds is 6. The van der Waals surface area contributed by atoms with Crippen molar-refractivity contribution in [3.8, 4) is 0 Å². The van der Waals surface area contributed by atoms with E-state index >= 15 is 0 Å². The second-order valence-electron chi connectivity index (χ2n) is 4.46. The molecule has 0 fully saturated rings. The number of nitrogens with zero attached hydrogens (tertiary/aromatic N) is 1. The lowest BCUT2D eigenvalue weighted by Crippen LogP contribution is -2.38. The van der Waals surface area contributed by atoms with Crippen LogP contribution in [0.4, 0.5) is 13.2 Å². The summed E-state index contributed by atoms with van der Waals surface area (Å²) < 4.78 is 62.2. The monoisotopic (exact) mass is 300 g/mol. The van der Waals surface area contributed by atoms with Gasteiger partial charge in [0, 0.05) is 18.7 Å². The fourth-order valence-electron chi connectivity index (χ4n) is 1.88. The lowest BCUT2D eigenvalue weighted by molar-refractivity contribution is -0.0953. The van der Waals surface area contributed by atoms with Gasteiger partial charge in [-0.05, 0) is 32.9 Å². The number of hydrogen-bond acceptors (Lipinski definition) is 3. The standard InChI is InChI=1S/C11H19F3N2O2S/c1-15-6-2-3-9-19(17,18)16-7-4-10(5-8-16)11(12,13)14/h4,15H,2-3,5-9H2,1H3. The maximum Gasteiger partial charge on any atom is 0.412 e. The Balaban J connectivity index is 2.52. The summed E-state index contributed by atoms with van der Waals surface area (Å²) in [7, 11) is -1.66. The normalized spacial score (nSPS) is 18.4. The van der Waals surface area contributed by atoms with E-state index in [1.165, 1.54) is 0 Å². The van der Waals surface area contributed by atoms with E-state index in [1.54, 1.807) is 7.05 Å². The fraction of sp³-hybridized carbons (Fsp3) is 0.818. The fourth-order valence-corrected chi connectivity index (χ4v) is 3.37. The van der Waals surface area contributed by atoms with Crippen LogP contribution in [0.15, 0.2) is 11.6 Å². The van der Waals surface area contributed by atoms with Crippen LogP contribution in [0.5, 0.6) is 0 Å². The lowest BCUT2D eigenvalue weighted by Gasteiger charge is -2.26. The molecule has 0 aromatic heterocycles. The SMILES string of the molecule is CNCCCCS(=O)(=O)N1CC=C(C(F)(F)F)CC1. The summed E-state index contributed by atoms with van der Waals surface area (Å²) in [5.74, 6) is -0.0100. The number of hydrogen-bond donors (Lipinski definition) is 1. The maximum atomic E-state index is 12.4. The van der Waals surface area contributed by atoms with Crippen molar-refractivity contribution < 1.29 is 21.6 Å². The average molecular weight is 300 g/mol. The molecule has 0 aromatic carbocycles. The van der Waals surface area contributed by atoms with Gasteiger partial charge in [0.1, 0.15) is 0 Å². The van der Waals surface area contributed by atoms with Crippen molar-refractivity contribution in [2.75, 3.05) is 32.4 Å². The van der Waals surface area contributed by atoms with E-state index in [9.17, 15) is 21.6 Å². The molecule has 0 unspecified atom stereocenters. The minimum Gasteiger partial charge on any atom is -0.320 e. The van der Waals surface area contributed by atoms with Crippen LogP contribution >= 0.6 is 0 Å². The molecule has 0 atom stereocenters. The smallest absolute Gasteiger partial charge is 0.320 e. The van der Waals surface area contributed by atoms with Crippen LogP contribution in [0.3, 0.4) is 0 Å². The summed E-state index contributed by atoms with van der Waals surface area (Å²) in [6, 6.07) is 0. The Kier molecular flexibility index (Phi) is 5.82. The summed E-state index contributed by atoms with van der Waals surface area (Å²) in [5, 5.41) is 2.91. The van der Waals surface area contributed by atoms with Crippen LogP contribution in [0.25, 0.3) is 0 Å². The molecule has 1 heterocycles. The van der Waals surface area contributed by atoms with Gasteiger partial charge in [-0.2, -0.15) is 17.5 Å². The molecule has 0 bridgehead atoms. The average Bonchev–Trinajstić information content (AvgIpc) is 2.34. The Morgan fingerprint density at radius 2 is 2.05 bits per heavy atom. The first-order valence-corrected chi connectivity index (χ1v) is 7.77. The quantitative estimate of drug-likeness (QED) is 0.597. The molecule has 0 amide bonds. The van der Waals surface area contributed by atoms with Crippen LogP contribution in [0.2, 0.25) is 0 Å². The maximum absolute atomic E-state index is 12.4. The van der Waals surface area contributed by atoms with Gasteiger partial charge < -0.3 is 5.32 Å². The van der Waals surface area contributed by atoms with Gasteiger partial charge in [-0.25, -0.2) is 8.42 Å². The minimum absolute atomic E-state index is 0.0100. The molecular weight excluding hydrogens is 281 g/mol. The number of alkyl halides is 3. The van der Waals surface area contributed by atoms with E-state index < -0.39 is 21.8 Å². The molecule has 0 aliphatic carbocycles. The molecule has 112 valence electrons. The molecule has 1 aliphatic heterocycles. The zero-order valence-electron chi connectivity index (χ0n) is 10.8. The Labute approximate surface area is 111 Å². The van der Waals surface area contributed by atoms with Crippen LogP contribution in [0.1, 0.15) is 19.3 Å². The summed E-state index contributed by atoms with van der Waals surface area (Å²) in [6.07, 6.45) is -2.40. The predicted octanol–water partition coefficient (Wildman–Crippen LogP) is 1.51. The Hall–Kier alpha value is -0.600. The highest BCUT2D eigenvalue weighted by Crippen LogP contribution is 2.30. The Bertz CT molecular complexity index is 418. The molecule has 1 rings (SSSR count). The highest BCUT2D eigenvalue weighted by molar-refractivity contribution is 7.89. The van der Waals surface area contributed by atoms with Gasteiger partial charge in [-0.3, -0.25) is 0 Å². The van der Waals surface area contributed by atoms with Crippen LogP contribution in [0, 0.1) is 0 Å². The molecule has 0 aromatic rings. The van der Waals surface area contributed by atoms with Gasteiger partial charge in [0.05, 0.1) is 5.75 Å². The van der Waals surface area contributed by atoms with Gasteiger partial charge in [0.25, 0.3) is 0 Å². The van der Waals surface area contributed by atoms with Crippen LogP contribution in [-0.2, 0) is 10.0 Å². The summed E-state index contributed by atoms with van der Waals surface area (Å²) in [5.41, 5.74) is -0.630. The molecular formula is C11H19F3N2O2S. The first kappa shape index (κ1) is 16.5. The molecule has 4 nitrogen and oxygen atoms in total. The van der Waals surface area contributed by atoms with Gasteiger partial charge in [-0.1, -0.05) is 6.08 Å². The zero-order chi connectivity index (χ0) is 14.5. The zero-order valence-corrected chi connectivity index (χ0v) is 11.6. The third-order valence-corrected chi connectivity index (χ3v) is 4.93. The highest BCUT2D eigenvalue weighted by Gasteiger charge is 2.36. The van der Waals surface area contributed by atoms with Crippen molar-refractivity contribution >= 4 is 10.0 Å². The van der Waals surface area contributed by atoms with Crippen molar-refractivity contribution in [2.24, 2.45) is 0 Å². The van der Waals surface area contributed by atoms with Crippen molar-refractivity contribution in [3.63, 3.8) is 0 Å². The molecule has 1 aliphatic rings. The topological polar surface area (TPSA) is 49.4 Å². The van der Waals surface area contributed by atoms with E-state index in [-0.39, 0.29) is 25.3 Å². The van der Waals surface area contributed by atoms with Crippen molar-refractivity contribution in [1.82, 2.24) is 9.62 Å². The summed E-state index contributed by atoms with van der Waals surface area (Å²) >= 11 is 0. The molecule has 0 saturated heterocycles. The first-order chi connectivity index (χ1) is 8.77. The largest absolute Gasteiger partial charge is 0.412 e. The second-order valence-corrected chi connectivity index (χ2v) is 6.55. The molecule has 1 N–H and O–H groups in total. The number of unbranched alkanes of at least 4 members (excludes halogenated alkanes) is 1. The van der Waals surface area contributed by atoms with Crippen molar-refractivity contribution in [3.05, 3.63) is 11.6 Å². The first-order valence-electron chi connectivity index (χ1n) is 6.16. The lowest BCUT2D eigenvalue weighted by atomic mass is 10.1. The van der Waals surface area contributed by atoms with Crippen LogP contribution < -0.4 is 5.32 Å². The number of sulfonamides is 1. The van der Waals surface area contributed by atoms with Gasteiger partial charge in [0.2, 0.25) is 10.0 Å².